The van der Waals surface area contributed by atoms with E-state index in [1.165, 1.54) is 0 Å². The summed E-state index contributed by atoms with van der Waals surface area (Å²) in [7, 11) is 0. The standard InChI is InChI=1S/C19H18N8O3/c20-17(27-5-3-26(4-6-27)15-10-21-1-2-22-15)11-7-13-12(23-9-11)8-14(30-13)16-18(28)25-19(29)24-16/h1-2,7-10,16,20H,3-6H2,(H2,24,25,28,29)/t16-/m1/s1. The molecule has 0 aromatic carbocycles. The summed E-state index contributed by atoms with van der Waals surface area (Å²) in [5, 5.41) is 13.3. The van der Waals surface area contributed by atoms with Crippen molar-refractivity contribution in [1.82, 2.24) is 30.5 Å². The number of carbonyl (C=O) groups is 2. The first-order valence-electron chi connectivity index (χ1n) is 9.44. The third kappa shape index (κ3) is 3.19. The van der Waals surface area contributed by atoms with E-state index < -0.39 is 18.0 Å². The number of anilines is 1. The summed E-state index contributed by atoms with van der Waals surface area (Å²) >= 11 is 0. The molecule has 152 valence electrons. The maximum Gasteiger partial charge on any atom is 0.322 e. The number of nitrogens with zero attached hydrogens (tertiary/aromatic N) is 5. The van der Waals surface area contributed by atoms with Gasteiger partial charge in [-0.05, 0) is 6.07 Å². The lowest BCUT2D eigenvalue weighted by molar-refractivity contribution is -0.120. The lowest BCUT2D eigenvalue weighted by Crippen LogP contribution is -2.49. The number of hydrogen-bond acceptors (Lipinski definition) is 8. The quantitative estimate of drug-likeness (QED) is 0.327. The van der Waals surface area contributed by atoms with Crippen molar-refractivity contribution < 1.29 is 14.0 Å². The molecule has 2 aliphatic rings. The fraction of sp³-hybridized carbons (Fsp3) is 0.263. The van der Waals surface area contributed by atoms with Gasteiger partial charge in [0.25, 0.3) is 5.91 Å². The summed E-state index contributed by atoms with van der Waals surface area (Å²) in [6.45, 7) is 2.81. The van der Waals surface area contributed by atoms with E-state index in [1.54, 1.807) is 36.9 Å². The molecule has 0 bridgehead atoms. The number of pyridine rings is 1. The fourth-order valence-electron chi connectivity index (χ4n) is 3.62. The van der Waals surface area contributed by atoms with Gasteiger partial charge in [-0.2, -0.15) is 0 Å². The molecule has 0 saturated carbocycles. The highest BCUT2D eigenvalue weighted by Gasteiger charge is 2.33. The number of rotatable bonds is 3. The Bertz CT molecular complexity index is 1140. The minimum absolute atomic E-state index is 0.308. The van der Waals surface area contributed by atoms with E-state index in [4.69, 9.17) is 9.83 Å². The van der Waals surface area contributed by atoms with Crippen LogP contribution >= 0.6 is 0 Å². The van der Waals surface area contributed by atoms with Crippen LogP contribution in [0.4, 0.5) is 10.6 Å². The summed E-state index contributed by atoms with van der Waals surface area (Å²) in [5.74, 6) is 1.03. The SMILES string of the molecule is N=C(c1cnc2cc([C@H]3NC(=O)NC3=O)oc2c1)N1CCN(c2cnccn2)CC1. The van der Waals surface area contributed by atoms with Gasteiger partial charge in [0.05, 0.1) is 6.20 Å². The van der Waals surface area contributed by atoms with E-state index in [9.17, 15) is 9.59 Å². The molecule has 11 heteroatoms. The molecule has 2 fully saturated rings. The number of fused-ring (bicyclic) bond motifs is 1. The van der Waals surface area contributed by atoms with Crippen molar-refractivity contribution in [2.24, 2.45) is 0 Å². The average Bonchev–Trinajstić information content (AvgIpc) is 3.35. The number of amides is 3. The van der Waals surface area contributed by atoms with Crippen molar-refractivity contribution in [2.75, 3.05) is 31.1 Å². The Morgan fingerprint density at radius 2 is 1.93 bits per heavy atom. The van der Waals surface area contributed by atoms with Crippen LogP contribution in [0.15, 0.2) is 41.3 Å². The highest BCUT2D eigenvalue weighted by Crippen LogP contribution is 2.25. The monoisotopic (exact) mass is 406 g/mol. The number of aromatic nitrogens is 3. The Kier molecular flexibility index (Phi) is 4.27. The van der Waals surface area contributed by atoms with Gasteiger partial charge in [0.15, 0.2) is 11.6 Å². The second kappa shape index (κ2) is 7.10. The number of piperazine rings is 1. The topological polar surface area (TPSA) is 140 Å². The molecule has 3 N–H and O–H groups in total. The smallest absolute Gasteiger partial charge is 0.322 e. The molecule has 11 nitrogen and oxygen atoms in total. The van der Waals surface area contributed by atoms with Gasteiger partial charge in [-0.15, -0.1) is 0 Å². The van der Waals surface area contributed by atoms with Gasteiger partial charge in [-0.1, -0.05) is 0 Å². The largest absolute Gasteiger partial charge is 0.457 e. The second-order valence-electron chi connectivity index (χ2n) is 7.04. The Balaban J connectivity index is 1.31. The molecule has 3 aromatic rings. The first kappa shape index (κ1) is 18.0. The van der Waals surface area contributed by atoms with Crippen LogP contribution in [0.3, 0.4) is 0 Å². The van der Waals surface area contributed by atoms with Gasteiger partial charge in [0.2, 0.25) is 0 Å². The summed E-state index contributed by atoms with van der Waals surface area (Å²) < 4.78 is 5.75. The Morgan fingerprint density at radius 1 is 1.10 bits per heavy atom. The van der Waals surface area contributed by atoms with Crippen LogP contribution in [-0.2, 0) is 4.79 Å². The van der Waals surface area contributed by atoms with Crippen molar-refractivity contribution in [3.05, 3.63) is 48.2 Å². The van der Waals surface area contributed by atoms with E-state index in [2.05, 4.69) is 30.5 Å². The molecule has 5 heterocycles. The van der Waals surface area contributed by atoms with Crippen LogP contribution in [0, 0.1) is 5.41 Å². The highest BCUT2D eigenvalue weighted by molar-refractivity contribution is 6.04. The molecule has 2 aliphatic heterocycles. The lowest BCUT2D eigenvalue weighted by Gasteiger charge is -2.36. The van der Waals surface area contributed by atoms with Crippen molar-refractivity contribution in [3.8, 4) is 0 Å². The number of carbonyl (C=O) groups excluding carboxylic acids is 2. The van der Waals surface area contributed by atoms with Crippen molar-refractivity contribution in [2.45, 2.75) is 6.04 Å². The second-order valence-corrected chi connectivity index (χ2v) is 7.04. The zero-order valence-corrected chi connectivity index (χ0v) is 15.8. The minimum Gasteiger partial charge on any atom is -0.457 e. The highest BCUT2D eigenvalue weighted by atomic mass is 16.3. The Labute approximate surface area is 170 Å². The van der Waals surface area contributed by atoms with E-state index >= 15 is 0 Å². The van der Waals surface area contributed by atoms with Gasteiger partial charge in [-0.3, -0.25) is 25.5 Å². The zero-order chi connectivity index (χ0) is 20.7. The van der Waals surface area contributed by atoms with E-state index in [0.717, 1.165) is 18.9 Å². The molecular formula is C19H18N8O3. The summed E-state index contributed by atoms with van der Waals surface area (Å²) in [5.41, 5.74) is 1.64. The first-order valence-corrected chi connectivity index (χ1v) is 9.44. The maximum absolute atomic E-state index is 11.8. The number of imide groups is 1. The van der Waals surface area contributed by atoms with Crippen LogP contribution < -0.4 is 15.5 Å². The van der Waals surface area contributed by atoms with Gasteiger partial charge in [-0.25, -0.2) is 9.78 Å². The average molecular weight is 406 g/mol. The lowest BCUT2D eigenvalue weighted by atomic mass is 10.2. The maximum atomic E-state index is 11.8. The van der Waals surface area contributed by atoms with Crippen LogP contribution in [0.25, 0.3) is 11.1 Å². The Hall–Kier alpha value is -4.02. The minimum atomic E-state index is -0.872. The normalized spacial score (nSPS) is 19.1. The number of amidine groups is 1. The summed E-state index contributed by atoms with van der Waals surface area (Å²) in [6.07, 6.45) is 6.67. The van der Waals surface area contributed by atoms with Crippen LogP contribution in [0.5, 0.6) is 0 Å². The molecule has 0 unspecified atom stereocenters. The van der Waals surface area contributed by atoms with Gasteiger partial charge in [0.1, 0.15) is 22.9 Å². The predicted molar refractivity (Wildman–Crippen MR) is 106 cm³/mol. The molecule has 5 rings (SSSR count). The molecule has 3 aromatic heterocycles. The van der Waals surface area contributed by atoms with Crippen molar-refractivity contribution in [1.29, 1.82) is 5.41 Å². The Morgan fingerprint density at radius 3 is 2.63 bits per heavy atom. The van der Waals surface area contributed by atoms with Crippen molar-refractivity contribution in [3.63, 3.8) is 0 Å². The number of furan rings is 1. The number of hydrogen-bond donors (Lipinski definition) is 3. The summed E-state index contributed by atoms with van der Waals surface area (Å²) in [6, 6.07) is 1.93. The van der Waals surface area contributed by atoms with Gasteiger partial charge < -0.3 is 19.5 Å². The third-order valence-electron chi connectivity index (χ3n) is 5.19. The first-order chi connectivity index (χ1) is 14.6. The summed E-state index contributed by atoms with van der Waals surface area (Å²) in [4.78, 5) is 40.1. The van der Waals surface area contributed by atoms with Crippen LogP contribution in [0.2, 0.25) is 0 Å². The van der Waals surface area contributed by atoms with Gasteiger partial charge >= 0.3 is 6.03 Å². The third-order valence-corrected chi connectivity index (χ3v) is 5.19. The van der Waals surface area contributed by atoms with Crippen molar-refractivity contribution >= 4 is 34.7 Å². The molecule has 3 amide bonds. The molecule has 0 radical (unpaired) electrons. The molecule has 0 aliphatic carbocycles. The predicted octanol–water partition coefficient (Wildman–Crippen LogP) is 0.646. The van der Waals surface area contributed by atoms with E-state index in [-0.39, 0.29) is 0 Å². The molecule has 1 atom stereocenters. The van der Waals surface area contributed by atoms with Crippen LogP contribution in [-0.4, -0.2) is 63.8 Å². The fourth-order valence-corrected chi connectivity index (χ4v) is 3.62. The molecule has 30 heavy (non-hydrogen) atoms. The number of nitrogens with one attached hydrogen (secondary N) is 3. The molecule has 0 spiro atoms. The van der Waals surface area contributed by atoms with E-state index in [1.807, 2.05) is 4.90 Å². The van der Waals surface area contributed by atoms with Gasteiger partial charge in [0, 0.05) is 56.4 Å². The van der Waals surface area contributed by atoms with Crippen LogP contribution in [0.1, 0.15) is 17.4 Å². The van der Waals surface area contributed by atoms with E-state index in [0.29, 0.717) is 41.3 Å². The number of urea groups is 1. The zero-order valence-electron chi connectivity index (χ0n) is 15.8. The molecular weight excluding hydrogens is 388 g/mol. The molecule has 2 saturated heterocycles.